The lowest BCUT2D eigenvalue weighted by Gasteiger charge is -2.19. The molecule has 0 amide bonds. The molecule has 1 unspecified atom stereocenters. The molecular formula is C24H21F4NO3S. The fraction of sp³-hybridized carbons (Fsp3) is 0.208. The van der Waals surface area contributed by atoms with Crippen molar-refractivity contribution in [1.29, 1.82) is 0 Å². The number of rotatable bonds is 8. The number of carboxylic acid groups (broad SMARTS) is 1. The number of carbonyl (C=O) groups is 1. The molecule has 0 bridgehead atoms. The van der Waals surface area contributed by atoms with E-state index in [1.165, 1.54) is 43.1 Å². The summed E-state index contributed by atoms with van der Waals surface area (Å²) in [5, 5.41) is 9.18. The summed E-state index contributed by atoms with van der Waals surface area (Å²) in [4.78, 5) is 12.1. The Labute approximate surface area is 192 Å². The second kappa shape index (κ2) is 10.3. The van der Waals surface area contributed by atoms with Crippen LogP contribution in [0.5, 0.6) is 5.75 Å². The lowest BCUT2D eigenvalue weighted by molar-refractivity contribution is -0.144. The van der Waals surface area contributed by atoms with Crippen LogP contribution >= 0.6 is 11.9 Å². The van der Waals surface area contributed by atoms with Crippen molar-refractivity contribution in [2.75, 3.05) is 7.05 Å². The summed E-state index contributed by atoms with van der Waals surface area (Å²) in [6.07, 6.45) is -5.70. The predicted molar refractivity (Wildman–Crippen MR) is 118 cm³/mol. The molecule has 0 fully saturated rings. The van der Waals surface area contributed by atoms with Gasteiger partial charge in [0, 0.05) is 17.0 Å². The molecule has 0 aliphatic carbocycles. The molecule has 33 heavy (non-hydrogen) atoms. The Hall–Kier alpha value is -3.04. The van der Waals surface area contributed by atoms with E-state index in [1.54, 1.807) is 30.3 Å². The van der Waals surface area contributed by atoms with Gasteiger partial charge >= 0.3 is 12.1 Å². The van der Waals surface area contributed by atoms with Gasteiger partial charge < -0.3 is 9.84 Å². The van der Waals surface area contributed by atoms with Crippen molar-refractivity contribution in [3.63, 3.8) is 0 Å². The van der Waals surface area contributed by atoms with E-state index >= 15 is 0 Å². The highest BCUT2D eigenvalue weighted by atomic mass is 32.2. The van der Waals surface area contributed by atoms with Crippen LogP contribution in [0.1, 0.15) is 18.1 Å². The van der Waals surface area contributed by atoms with Crippen LogP contribution in [0.2, 0.25) is 0 Å². The summed E-state index contributed by atoms with van der Waals surface area (Å²) in [6.45, 7) is 1.77. The standard InChI is InChI=1S/C24H21F4NO3S/c1-15(23(30)31)32-22-11-6-16(14-29(2)33-20-9-7-19(25)8-10-20)12-21(22)17-4-3-5-18(13-17)24(26,27)28/h3-13,15H,14H2,1-2H3,(H,30,31). The van der Waals surface area contributed by atoms with Crippen molar-refractivity contribution in [3.8, 4) is 16.9 Å². The van der Waals surface area contributed by atoms with Crippen molar-refractivity contribution < 1.29 is 32.2 Å². The Morgan fingerprint density at radius 3 is 2.42 bits per heavy atom. The Morgan fingerprint density at radius 1 is 1.09 bits per heavy atom. The van der Waals surface area contributed by atoms with E-state index in [2.05, 4.69) is 0 Å². The number of hydrogen-bond donors (Lipinski definition) is 1. The molecule has 0 saturated carbocycles. The minimum atomic E-state index is -4.52. The Balaban J connectivity index is 1.92. The highest BCUT2D eigenvalue weighted by Crippen LogP contribution is 2.37. The average Bonchev–Trinajstić information content (AvgIpc) is 2.75. The molecule has 3 rings (SSSR count). The lowest BCUT2D eigenvalue weighted by Crippen LogP contribution is -2.23. The summed E-state index contributed by atoms with van der Waals surface area (Å²) in [7, 11) is 1.83. The van der Waals surface area contributed by atoms with Gasteiger partial charge in [0.2, 0.25) is 0 Å². The molecule has 3 aromatic carbocycles. The van der Waals surface area contributed by atoms with Crippen molar-refractivity contribution in [3.05, 3.63) is 83.7 Å². The fourth-order valence-electron chi connectivity index (χ4n) is 3.07. The summed E-state index contributed by atoms with van der Waals surface area (Å²) in [5.74, 6) is -1.36. The minimum Gasteiger partial charge on any atom is -0.479 e. The first-order chi connectivity index (χ1) is 15.5. The SMILES string of the molecule is CC(Oc1ccc(CN(C)Sc2ccc(F)cc2)cc1-c1cccc(C(F)(F)F)c1)C(=O)O. The van der Waals surface area contributed by atoms with Gasteiger partial charge in [0.15, 0.2) is 6.10 Å². The number of alkyl halides is 3. The summed E-state index contributed by atoms with van der Waals surface area (Å²) in [5.41, 5.74) is 0.571. The average molecular weight is 479 g/mol. The van der Waals surface area contributed by atoms with Gasteiger partial charge in [-0.2, -0.15) is 13.2 Å². The largest absolute Gasteiger partial charge is 0.479 e. The maximum absolute atomic E-state index is 13.2. The molecule has 1 atom stereocenters. The van der Waals surface area contributed by atoms with Crippen LogP contribution in [-0.4, -0.2) is 28.5 Å². The predicted octanol–water partition coefficient (Wildman–Crippen LogP) is 6.50. The van der Waals surface area contributed by atoms with E-state index in [9.17, 15) is 27.5 Å². The molecular weight excluding hydrogens is 458 g/mol. The van der Waals surface area contributed by atoms with Gasteiger partial charge in [-0.25, -0.2) is 13.5 Å². The summed E-state index contributed by atoms with van der Waals surface area (Å²) < 4.78 is 60.2. The number of ether oxygens (including phenoxy) is 1. The van der Waals surface area contributed by atoms with E-state index in [-0.39, 0.29) is 17.1 Å². The zero-order valence-electron chi connectivity index (χ0n) is 17.8. The molecule has 0 radical (unpaired) electrons. The van der Waals surface area contributed by atoms with Gasteiger partial charge in [0.25, 0.3) is 0 Å². The van der Waals surface area contributed by atoms with E-state index in [0.29, 0.717) is 12.1 Å². The second-order valence-electron chi connectivity index (χ2n) is 7.34. The molecule has 3 aromatic rings. The van der Waals surface area contributed by atoms with Crippen LogP contribution in [0.3, 0.4) is 0 Å². The highest BCUT2D eigenvalue weighted by Gasteiger charge is 2.30. The van der Waals surface area contributed by atoms with Gasteiger partial charge in [-0.3, -0.25) is 0 Å². The maximum atomic E-state index is 13.2. The summed E-state index contributed by atoms with van der Waals surface area (Å²) in [6, 6.07) is 15.8. The lowest BCUT2D eigenvalue weighted by atomic mass is 9.99. The first kappa shape index (κ1) is 24.6. The van der Waals surface area contributed by atoms with Crippen molar-refractivity contribution >= 4 is 17.9 Å². The van der Waals surface area contributed by atoms with Crippen LogP contribution in [0.25, 0.3) is 11.1 Å². The third-order valence-corrected chi connectivity index (χ3v) is 5.60. The van der Waals surface area contributed by atoms with E-state index in [0.717, 1.165) is 22.6 Å². The Morgan fingerprint density at radius 2 is 1.79 bits per heavy atom. The molecule has 0 aliphatic rings. The fourth-order valence-corrected chi connectivity index (χ4v) is 3.90. The molecule has 0 saturated heterocycles. The first-order valence-corrected chi connectivity index (χ1v) is 10.6. The summed E-state index contributed by atoms with van der Waals surface area (Å²) >= 11 is 1.38. The van der Waals surface area contributed by atoms with E-state index < -0.39 is 23.8 Å². The normalized spacial score (nSPS) is 12.6. The molecule has 0 aromatic heterocycles. The van der Waals surface area contributed by atoms with Gasteiger partial charge in [0.05, 0.1) is 5.56 Å². The maximum Gasteiger partial charge on any atom is 0.416 e. The van der Waals surface area contributed by atoms with Gasteiger partial charge in [-0.15, -0.1) is 0 Å². The number of nitrogens with zero attached hydrogens (tertiary/aromatic N) is 1. The molecule has 0 aliphatic heterocycles. The van der Waals surface area contributed by atoms with Gasteiger partial charge in [-0.1, -0.05) is 18.2 Å². The number of benzene rings is 3. The molecule has 0 spiro atoms. The topological polar surface area (TPSA) is 49.8 Å². The first-order valence-electron chi connectivity index (χ1n) is 9.87. The molecule has 174 valence electrons. The zero-order valence-corrected chi connectivity index (χ0v) is 18.6. The van der Waals surface area contributed by atoms with E-state index in [1.807, 2.05) is 11.4 Å². The Bertz CT molecular complexity index is 1120. The van der Waals surface area contributed by atoms with E-state index in [4.69, 9.17) is 4.74 Å². The smallest absolute Gasteiger partial charge is 0.416 e. The van der Waals surface area contributed by atoms with Crippen molar-refractivity contribution in [2.24, 2.45) is 0 Å². The van der Waals surface area contributed by atoms with Crippen LogP contribution in [-0.2, 0) is 17.5 Å². The monoisotopic (exact) mass is 479 g/mol. The minimum absolute atomic E-state index is 0.168. The number of hydrogen-bond acceptors (Lipinski definition) is 4. The van der Waals surface area contributed by atoms with Gasteiger partial charge in [0.1, 0.15) is 11.6 Å². The highest BCUT2D eigenvalue weighted by molar-refractivity contribution is 7.97. The Kier molecular flexibility index (Phi) is 7.65. The third-order valence-electron chi connectivity index (χ3n) is 4.68. The van der Waals surface area contributed by atoms with Crippen LogP contribution in [0.4, 0.5) is 17.6 Å². The molecule has 1 N–H and O–H groups in total. The van der Waals surface area contributed by atoms with Crippen LogP contribution < -0.4 is 4.74 Å². The third kappa shape index (κ3) is 6.72. The molecule has 9 heteroatoms. The molecule has 0 heterocycles. The van der Waals surface area contributed by atoms with Gasteiger partial charge in [-0.05, 0) is 85.6 Å². The number of carboxylic acids is 1. The number of aliphatic carboxylic acids is 1. The zero-order chi connectivity index (χ0) is 24.2. The van der Waals surface area contributed by atoms with Crippen molar-refractivity contribution in [1.82, 2.24) is 4.31 Å². The van der Waals surface area contributed by atoms with Crippen molar-refractivity contribution in [2.45, 2.75) is 30.6 Å². The quantitative estimate of drug-likeness (QED) is 0.295. The van der Waals surface area contributed by atoms with Crippen LogP contribution in [0, 0.1) is 5.82 Å². The second-order valence-corrected chi connectivity index (χ2v) is 8.62. The number of halogens is 4. The molecule has 4 nitrogen and oxygen atoms in total. The van der Waals surface area contributed by atoms with Crippen LogP contribution in [0.15, 0.2) is 71.6 Å².